The van der Waals surface area contributed by atoms with E-state index in [0.29, 0.717) is 6.61 Å². The van der Waals surface area contributed by atoms with Crippen LogP contribution >= 0.6 is 0 Å². The molecule has 1 aliphatic rings. The highest BCUT2D eigenvalue weighted by Gasteiger charge is 2.29. The number of nitrogens with zero attached hydrogens (tertiary/aromatic N) is 1. The van der Waals surface area contributed by atoms with E-state index in [9.17, 15) is 5.11 Å². The van der Waals surface area contributed by atoms with Gasteiger partial charge in [0.25, 0.3) is 0 Å². The Morgan fingerprint density at radius 3 is 2.58 bits per heavy atom. The average molecular weight is 261 g/mol. The summed E-state index contributed by atoms with van der Waals surface area (Å²) in [4.78, 5) is 2.51. The number of anilines is 1. The Bertz CT molecular complexity index is 390. The standard InChI is InChI=1S/C17H27NO/c1-3-17(4-2,14-19)13-18-12-8-7-10-15-9-5-6-11-16(15)18/h5-6,9,11,19H,3-4,7-8,10,12-14H2,1-2H3. The van der Waals surface area contributed by atoms with Crippen LogP contribution in [0.4, 0.5) is 5.69 Å². The van der Waals surface area contributed by atoms with E-state index in [-0.39, 0.29) is 5.41 Å². The Morgan fingerprint density at radius 2 is 1.89 bits per heavy atom. The quantitative estimate of drug-likeness (QED) is 0.875. The van der Waals surface area contributed by atoms with Crippen LogP contribution in [0.1, 0.15) is 45.1 Å². The van der Waals surface area contributed by atoms with Gasteiger partial charge in [-0.05, 0) is 43.7 Å². The second-order valence-electron chi connectivity index (χ2n) is 5.87. The lowest BCUT2D eigenvalue weighted by Gasteiger charge is -2.37. The van der Waals surface area contributed by atoms with Crippen molar-refractivity contribution in [3.63, 3.8) is 0 Å². The summed E-state index contributed by atoms with van der Waals surface area (Å²) in [6.45, 7) is 6.79. The molecule has 2 rings (SSSR count). The van der Waals surface area contributed by atoms with Crippen molar-refractivity contribution in [1.82, 2.24) is 0 Å². The van der Waals surface area contributed by atoms with E-state index in [1.165, 1.54) is 30.5 Å². The summed E-state index contributed by atoms with van der Waals surface area (Å²) < 4.78 is 0. The van der Waals surface area contributed by atoms with Gasteiger partial charge in [0.05, 0.1) is 6.61 Å². The molecule has 0 amide bonds. The number of rotatable bonds is 5. The zero-order chi connectivity index (χ0) is 13.7. The molecule has 1 heterocycles. The van der Waals surface area contributed by atoms with Gasteiger partial charge in [0, 0.05) is 24.2 Å². The van der Waals surface area contributed by atoms with E-state index in [4.69, 9.17) is 0 Å². The van der Waals surface area contributed by atoms with Crippen molar-refractivity contribution in [2.45, 2.75) is 46.0 Å². The molecule has 2 heteroatoms. The third-order valence-corrected chi connectivity index (χ3v) is 4.82. The molecule has 0 atom stereocenters. The molecule has 0 unspecified atom stereocenters. The highest BCUT2D eigenvalue weighted by Crippen LogP contribution is 2.32. The Kier molecular flexibility index (Phi) is 4.87. The first-order chi connectivity index (χ1) is 9.24. The van der Waals surface area contributed by atoms with E-state index in [2.05, 4.69) is 43.0 Å². The van der Waals surface area contributed by atoms with Crippen molar-refractivity contribution in [2.24, 2.45) is 5.41 Å². The van der Waals surface area contributed by atoms with Crippen LogP contribution in [0, 0.1) is 5.41 Å². The van der Waals surface area contributed by atoms with Crippen LogP contribution in [-0.2, 0) is 6.42 Å². The van der Waals surface area contributed by atoms with Gasteiger partial charge in [0.15, 0.2) is 0 Å². The fraction of sp³-hybridized carbons (Fsp3) is 0.647. The number of benzene rings is 1. The molecule has 0 aliphatic carbocycles. The highest BCUT2D eigenvalue weighted by molar-refractivity contribution is 5.54. The van der Waals surface area contributed by atoms with Gasteiger partial charge < -0.3 is 10.0 Å². The van der Waals surface area contributed by atoms with E-state index in [0.717, 1.165) is 25.9 Å². The minimum atomic E-state index is 0.0530. The lowest BCUT2D eigenvalue weighted by Crippen LogP contribution is -2.40. The molecule has 1 aromatic rings. The van der Waals surface area contributed by atoms with Gasteiger partial charge in [-0.25, -0.2) is 0 Å². The van der Waals surface area contributed by atoms with Gasteiger partial charge in [0.1, 0.15) is 0 Å². The number of aliphatic hydroxyl groups excluding tert-OH is 1. The SMILES string of the molecule is CCC(CC)(CO)CN1CCCCc2ccccc21. The first-order valence-electron chi connectivity index (χ1n) is 7.68. The number of hydrogen-bond donors (Lipinski definition) is 1. The number of hydrogen-bond acceptors (Lipinski definition) is 2. The van der Waals surface area contributed by atoms with Gasteiger partial charge in [-0.15, -0.1) is 0 Å². The van der Waals surface area contributed by atoms with Crippen molar-refractivity contribution in [2.75, 3.05) is 24.6 Å². The monoisotopic (exact) mass is 261 g/mol. The predicted molar refractivity (Wildman–Crippen MR) is 81.7 cm³/mol. The maximum absolute atomic E-state index is 9.80. The predicted octanol–water partition coefficient (Wildman–Crippen LogP) is 3.63. The summed E-state index contributed by atoms with van der Waals surface area (Å²) in [6, 6.07) is 8.78. The largest absolute Gasteiger partial charge is 0.396 e. The summed E-state index contributed by atoms with van der Waals surface area (Å²) in [5.41, 5.74) is 2.91. The molecule has 0 fully saturated rings. The molecule has 19 heavy (non-hydrogen) atoms. The van der Waals surface area contributed by atoms with Crippen LogP contribution < -0.4 is 4.90 Å². The summed E-state index contributed by atoms with van der Waals surface area (Å²) in [5, 5.41) is 9.80. The van der Waals surface area contributed by atoms with Crippen molar-refractivity contribution < 1.29 is 5.11 Å². The van der Waals surface area contributed by atoms with Crippen molar-refractivity contribution in [3.8, 4) is 0 Å². The third kappa shape index (κ3) is 3.11. The third-order valence-electron chi connectivity index (χ3n) is 4.82. The average Bonchev–Trinajstić information content (AvgIpc) is 2.67. The smallest absolute Gasteiger partial charge is 0.0504 e. The second-order valence-corrected chi connectivity index (χ2v) is 5.87. The molecule has 2 nitrogen and oxygen atoms in total. The molecule has 106 valence electrons. The first-order valence-corrected chi connectivity index (χ1v) is 7.68. The van der Waals surface area contributed by atoms with Crippen LogP contribution in [0.15, 0.2) is 24.3 Å². The number of aliphatic hydroxyl groups is 1. The molecule has 0 spiro atoms. The van der Waals surface area contributed by atoms with Gasteiger partial charge in [-0.1, -0.05) is 32.0 Å². The Balaban J connectivity index is 2.24. The molecule has 0 saturated carbocycles. The van der Waals surface area contributed by atoms with Crippen LogP contribution in [0.5, 0.6) is 0 Å². The van der Waals surface area contributed by atoms with Crippen molar-refractivity contribution in [1.29, 1.82) is 0 Å². The van der Waals surface area contributed by atoms with E-state index >= 15 is 0 Å². The fourth-order valence-corrected chi connectivity index (χ4v) is 3.09. The summed E-state index contributed by atoms with van der Waals surface area (Å²) >= 11 is 0. The van der Waals surface area contributed by atoms with E-state index in [1.54, 1.807) is 0 Å². The molecular weight excluding hydrogens is 234 g/mol. The topological polar surface area (TPSA) is 23.5 Å². The van der Waals surface area contributed by atoms with Crippen LogP contribution in [0.2, 0.25) is 0 Å². The Morgan fingerprint density at radius 1 is 1.16 bits per heavy atom. The lowest BCUT2D eigenvalue weighted by molar-refractivity contribution is 0.120. The molecule has 1 N–H and O–H groups in total. The zero-order valence-corrected chi connectivity index (χ0v) is 12.4. The van der Waals surface area contributed by atoms with E-state index in [1.807, 2.05) is 0 Å². The Hall–Kier alpha value is -1.02. The molecule has 0 radical (unpaired) electrons. The molecule has 0 saturated heterocycles. The van der Waals surface area contributed by atoms with Gasteiger partial charge in [-0.2, -0.15) is 0 Å². The van der Waals surface area contributed by atoms with Crippen molar-refractivity contribution >= 4 is 5.69 Å². The maximum atomic E-state index is 9.80. The maximum Gasteiger partial charge on any atom is 0.0504 e. The highest BCUT2D eigenvalue weighted by atomic mass is 16.3. The molecule has 1 aliphatic heterocycles. The first kappa shape index (κ1) is 14.4. The van der Waals surface area contributed by atoms with Gasteiger partial charge >= 0.3 is 0 Å². The lowest BCUT2D eigenvalue weighted by atomic mass is 9.82. The second kappa shape index (κ2) is 6.42. The van der Waals surface area contributed by atoms with Crippen LogP contribution in [0.25, 0.3) is 0 Å². The summed E-state index contributed by atoms with van der Waals surface area (Å²) in [6.07, 6.45) is 5.80. The number of aryl methyl sites for hydroxylation is 1. The van der Waals surface area contributed by atoms with Gasteiger partial charge in [-0.3, -0.25) is 0 Å². The molecule has 0 aromatic heterocycles. The normalized spacial score (nSPS) is 16.1. The van der Waals surface area contributed by atoms with Crippen molar-refractivity contribution in [3.05, 3.63) is 29.8 Å². The zero-order valence-electron chi connectivity index (χ0n) is 12.4. The van der Waals surface area contributed by atoms with Gasteiger partial charge in [0.2, 0.25) is 0 Å². The number of fused-ring (bicyclic) bond motifs is 1. The van der Waals surface area contributed by atoms with E-state index < -0.39 is 0 Å². The molecule has 1 aromatic carbocycles. The number of para-hydroxylation sites is 1. The summed E-state index contributed by atoms with van der Waals surface area (Å²) in [7, 11) is 0. The van der Waals surface area contributed by atoms with Crippen LogP contribution in [-0.4, -0.2) is 24.8 Å². The minimum absolute atomic E-state index is 0.0530. The molecular formula is C17H27NO. The van der Waals surface area contributed by atoms with Crippen LogP contribution in [0.3, 0.4) is 0 Å². The fourth-order valence-electron chi connectivity index (χ4n) is 3.09. The Labute approximate surface area is 117 Å². The summed E-state index contributed by atoms with van der Waals surface area (Å²) in [5.74, 6) is 0. The minimum Gasteiger partial charge on any atom is -0.396 e. The molecule has 0 bridgehead atoms.